The molecule has 1 aromatic carbocycles. The summed E-state index contributed by atoms with van der Waals surface area (Å²) >= 11 is 5.72. The minimum absolute atomic E-state index is 0.389. The molecule has 4 heteroatoms. The summed E-state index contributed by atoms with van der Waals surface area (Å²) in [5.41, 5.74) is 1.87. The van der Waals surface area contributed by atoms with Crippen LogP contribution in [0.15, 0.2) is 42.5 Å². The number of aromatic nitrogens is 1. The Kier molecular flexibility index (Phi) is 4.42. The lowest BCUT2D eigenvalue weighted by Crippen LogP contribution is -1.98. The normalized spacial score (nSPS) is 10.1. The summed E-state index contributed by atoms with van der Waals surface area (Å²) in [6.07, 6.45) is 0. The van der Waals surface area contributed by atoms with Crippen LogP contribution in [0.25, 0.3) is 0 Å². The van der Waals surface area contributed by atoms with Crippen molar-refractivity contribution in [3.8, 4) is 11.6 Å². The van der Waals surface area contributed by atoms with Crippen LogP contribution >= 0.6 is 11.6 Å². The van der Waals surface area contributed by atoms with Crippen LogP contribution in [0.4, 0.5) is 0 Å². The van der Waals surface area contributed by atoms with Crippen LogP contribution < -0.4 is 9.47 Å². The van der Waals surface area contributed by atoms with Crippen LogP contribution in [0.1, 0.15) is 11.3 Å². The fraction of sp³-hybridized carbons (Fsp3) is 0.214. The van der Waals surface area contributed by atoms with Crippen LogP contribution in [0.2, 0.25) is 0 Å². The van der Waals surface area contributed by atoms with Crippen molar-refractivity contribution >= 4 is 11.6 Å². The Labute approximate surface area is 111 Å². The average Bonchev–Trinajstić information content (AvgIpc) is 2.46. The number of pyridine rings is 1. The standard InChI is InChI=1S/C14H14ClNO2/c1-17-13-7-5-11(6-8-13)10-18-14-4-2-3-12(9-15)16-14/h2-8H,9-10H2,1H3. The van der Waals surface area contributed by atoms with E-state index in [0.717, 1.165) is 17.0 Å². The molecule has 0 bridgehead atoms. The molecule has 94 valence electrons. The first-order valence-corrected chi connectivity index (χ1v) is 6.13. The van der Waals surface area contributed by atoms with Gasteiger partial charge in [0.1, 0.15) is 12.4 Å². The van der Waals surface area contributed by atoms with E-state index in [0.29, 0.717) is 18.4 Å². The first-order chi connectivity index (χ1) is 8.81. The van der Waals surface area contributed by atoms with Crippen molar-refractivity contribution < 1.29 is 9.47 Å². The van der Waals surface area contributed by atoms with Gasteiger partial charge in [-0.3, -0.25) is 0 Å². The summed E-state index contributed by atoms with van der Waals surface area (Å²) in [6, 6.07) is 13.3. The molecular weight excluding hydrogens is 250 g/mol. The first kappa shape index (κ1) is 12.7. The quantitative estimate of drug-likeness (QED) is 0.775. The number of methoxy groups -OCH3 is 1. The average molecular weight is 264 g/mol. The number of rotatable bonds is 5. The van der Waals surface area contributed by atoms with Crippen molar-refractivity contribution in [2.45, 2.75) is 12.5 Å². The van der Waals surface area contributed by atoms with E-state index in [4.69, 9.17) is 21.1 Å². The number of hydrogen-bond donors (Lipinski definition) is 0. The van der Waals surface area contributed by atoms with E-state index < -0.39 is 0 Å². The zero-order valence-electron chi connectivity index (χ0n) is 10.1. The van der Waals surface area contributed by atoms with Gasteiger partial charge < -0.3 is 9.47 Å². The zero-order valence-corrected chi connectivity index (χ0v) is 10.9. The Morgan fingerprint density at radius 2 is 1.89 bits per heavy atom. The van der Waals surface area contributed by atoms with Crippen LogP contribution in [-0.2, 0) is 12.5 Å². The number of ether oxygens (including phenoxy) is 2. The molecule has 3 nitrogen and oxygen atoms in total. The molecule has 0 fully saturated rings. The molecule has 2 aromatic rings. The molecule has 0 aliphatic heterocycles. The lowest BCUT2D eigenvalue weighted by Gasteiger charge is -2.07. The largest absolute Gasteiger partial charge is 0.497 e. The highest BCUT2D eigenvalue weighted by atomic mass is 35.5. The Hall–Kier alpha value is -1.74. The van der Waals surface area contributed by atoms with Gasteiger partial charge in [-0.2, -0.15) is 0 Å². The third kappa shape index (κ3) is 3.37. The fourth-order valence-corrected chi connectivity index (χ4v) is 1.64. The summed E-state index contributed by atoms with van der Waals surface area (Å²) in [5.74, 6) is 1.81. The van der Waals surface area contributed by atoms with Crippen LogP contribution in [0.5, 0.6) is 11.6 Å². The lowest BCUT2D eigenvalue weighted by molar-refractivity contribution is 0.293. The van der Waals surface area contributed by atoms with Crippen molar-refractivity contribution in [3.05, 3.63) is 53.7 Å². The number of alkyl halides is 1. The van der Waals surface area contributed by atoms with E-state index in [1.165, 1.54) is 0 Å². The van der Waals surface area contributed by atoms with Crippen molar-refractivity contribution in [3.63, 3.8) is 0 Å². The topological polar surface area (TPSA) is 31.4 Å². The summed E-state index contributed by atoms with van der Waals surface area (Å²) in [7, 11) is 1.65. The summed E-state index contributed by atoms with van der Waals surface area (Å²) in [6.45, 7) is 0.475. The van der Waals surface area contributed by atoms with Crippen LogP contribution in [-0.4, -0.2) is 12.1 Å². The molecule has 0 saturated heterocycles. The van der Waals surface area contributed by atoms with Gasteiger partial charge in [0.25, 0.3) is 0 Å². The predicted molar refractivity (Wildman–Crippen MR) is 71.1 cm³/mol. The van der Waals surface area contributed by atoms with Crippen molar-refractivity contribution in [2.75, 3.05) is 7.11 Å². The summed E-state index contributed by atoms with van der Waals surface area (Å²) in [4.78, 5) is 4.26. The van der Waals surface area contributed by atoms with Gasteiger partial charge in [-0.15, -0.1) is 11.6 Å². The first-order valence-electron chi connectivity index (χ1n) is 5.59. The van der Waals surface area contributed by atoms with E-state index >= 15 is 0 Å². The van der Waals surface area contributed by atoms with E-state index in [-0.39, 0.29) is 0 Å². The van der Waals surface area contributed by atoms with E-state index in [1.807, 2.05) is 42.5 Å². The summed E-state index contributed by atoms with van der Waals surface area (Å²) in [5, 5.41) is 0. The monoisotopic (exact) mass is 263 g/mol. The van der Waals surface area contributed by atoms with Gasteiger partial charge in [0, 0.05) is 6.07 Å². The molecule has 0 N–H and O–H groups in total. The molecule has 0 radical (unpaired) electrons. The second-order valence-corrected chi connectivity index (χ2v) is 4.00. The lowest BCUT2D eigenvalue weighted by atomic mass is 10.2. The van der Waals surface area contributed by atoms with Crippen LogP contribution in [0.3, 0.4) is 0 Å². The molecule has 1 aromatic heterocycles. The maximum atomic E-state index is 5.72. The highest BCUT2D eigenvalue weighted by Gasteiger charge is 1.99. The molecule has 0 aliphatic carbocycles. The molecule has 0 aliphatic rings. The second kappa shape index (κ2) is 6.26. The zero-order chi connectivity index (χ0) is 12.8. The van der Waals surface area contributed by atoms with Gasteiger partial charge in [0.05, 0.1) is 18.7 Å². The number of halogens is 1. The molecule has 0 spiro atoms. The Bertz CT molecular complexity index is 499. The molecule has 0 unspecified atom stereocenters. The number of benzene rings is 1. The highest BCUT2D eigenvalue weighted by Crippen LogP contribution is 2.14. The third-order valence-corrected chi connectivity index (χ3v) is 2.74. The number of nitrogens with zero attached hydrogens (tertiary/aromatic N) is 1. The molecule has 1 heterocycles. The number of hydrogen-bond acceptors (Lipinski definition) is 3. The molecule has 0 atom stereocenters. The fourth-order valence-electron chi connectivity index (χ4n) is 1.49. The van der Waals surface area contributed by atoms with Crippen molar-refractivity contribution in [1.29, 1.82) is 0 Å². The highest BCUT2D eigenvalue weighted by molar-refractivity contribution is 6.16. The molecule has 2 rings (SSSR count). The maximum absolute atomic E-state index is 5.72. The Morgan fingerprint density at radius 3 is 2.56 bits per heavy atom. The Morgan fingerprint density at radius 1 is 1.11 bits per heavy atom. The van der Waals surface area contributed by atoms with Gasteiger partial charge in [-0.25, -0.2) is 4.98 Å². The smallest absolute Gasteiger partial charge is 0.213 e. The Balaban J connectivity index is 1.97. The maximum Gasteiger partial charge on any atom is 0.213 e. The van der Waals surface area contributed by atoms with Gasteiger partial charge in [0.2, 0.25) is 5.88 Å². The minimum Gasteiger partial charge on any atom is -0.497 e. The minimum atomic E-state index is 0.389. The van der Waals surface area contributed by atoms with E-state index in [2.05, 4.69) is 4.98 Å². The second-order valence-electron chi connectivity index (χ2n) is 3.74. The SMILES string of the molecule is COc1ccc(COc2cccc(CCl)n2)cc1. The van der Waals surface area contributed by atoms with Crippen molar-refractivity contribution in [1.82, 2.24) is 4.98 Å². The van der Waals surface area contributed by atoms with Crippen LogP contribution in [0, 0.1) is 0 Å². The van der Waals surface area contributed by atoms with E-state index in [9.17, 15) is 0 Å². The molecule has 0 saturated carbocycles. The molecule has 18 heavy (non-hydrogen) atoms. The van der Waals surface area contributed by atoms with E-state index in [1.54, 1.807) is 7.11 Å². The predicted octanol–water partition coefficient (Wildman–Crippen LogP) is 3.41. The van der Waals surface area contributed by atoms with Gasteiger partial charge in [0.15, 0.2) is 0 Å². The van der Waals surface area contributed by atoms with Gasteiger partial charge >= 0.3 is 0 Å². The van der Waals surface area contributed by atoms with Gasteiger partial charge in [-0.1, -0.05) is 18.2 Å². The third-order valence-electron chi connectivity index (χ3n) is 2.46. The molecule has 0 amide bonds. The molecular formula is C14H14ClNO2. The van der Waals surface area contributed by atoms with Crippen molar-refractivity contribution in [2.24, 2.45) is 0 Å². The van der Waals surface area contributed by atoms with Gasteiger partial charge in [-0.05, 0) is 23.8 Å². The summed E-state index contributed by atoms with van der Waals surface area (Å²) < 4.78 is 10.7.